The molecule has 0 fully saturated rings. The van der Waals surface area contributed by atoms with E-state index in [2.05, 4.69) is 19.9 Å². The fourth-order valence-electron chi connectivity index (χ4n) is 3.85. The second kappa shape index (κ2) is 10.1. The zero-order chi connectivity index (χ0) is 25.2. The van der Waals surface area contributed by atoms with Gasteiger partial charge in [-0.25, -0.2) is 0 Å². The normalized spacial score (nSPS) is 11.7. The SMILES string of the molecule is CC(C)=CCC/C(C)=C/Cc1c(O)c(CC=C(C)C)c(O)c2c(=O)c3cc(O)c(O)cc3oc12. The molecule has 0 saturated carbocycles. The molecule has 0 amide bonds. The van der Waals surface area contributed by atoms with Gasteiger partial charge in [-0.1, -0.05) is 34.9 Å². The van der Waals surface area contributed by atoms with Crippen LogP contribution in [0.3, 0.4) is 0 Å². The van der Waals surface area contributed by atoms with E-state index in [4.69, 9.17) is 4.42 Å². The van der Waals surface area contributed by atoms with Crippen molar-refractivity contribution in [3.05, 3.63) is 68.4 Å². The number of aromatic hydroxyl groups is 4. The van der Waals surface area contributed by atoms with E-state index in [1.807, 2.05) is 32.9 Å². The molecule has 34 heavy (non-hydrogen) atoms. The van der Waals surface area contributed by atoms with Gasteiger partial charge in [0.1, 0.15) is 28.1 Å². The Labute approximate surface area is 198 Å². The molecule has 2 aromatic carbocycles. The van der Waals surface area contributed by atoms with Crippen LogP contribution in [0.1, 0.15) is 58.6 Å². The summed E-state index contributed by atoms with van der Waals surface area (Å²) < 4.78 is 5.94. The number of phenolic OH excluding ortho intramolecular Hbond substituents is 4. The third-order valence-electron chi connectivity index (χ3n) is 5.82. The number of hydrogen-bond acceptors (Lipinski definition) is 6. The van der Waals surface area contributed by atoms with Crippen LogP contribution in [-0.4, -0.2) is 20.4 Å². The van der Waals surface area contributed by atoms with Crippen LogP contribution >= 0.6 is 0 Å². The summed E-state index contributed by atoms with van der Waals surface area (Å²) >= 11 is 0. The third kappa shape index (κ3) is 5.11. The molecule has 180 valence electrons. The van der Waals surface area contributed by atoms with Crippen molar-refractivity contribution in [2.24, 2.45) is 0 Å². The number of rotatable bonds is 7. The predicted octanol–water partition coefficient (Wildman–Crippen LogP) is 6.51. The molecule has 0 aliphatic rings. The highest BCUT2D eigenvalue weighted by atomic mass is 16.3. The van der Waals surface area contributed by atoms with Gasteiger partial charge in [0, 0.05) is 17.2 Å². The first kappa shape index (κ1) is 25.0. The average Bonchev–Trinajstić information content (AvgIpc) is 2.74. The fraction of sp³-hybridized carbons (Fsp3) is 0.321. The minimum absolute atomic E-state index is 0.0244. The van der Waals surface area contributed by atoms with Gasteiger partial charge in [0.2, 0.25) is 5.43 Å². The molecule has 3 aromatic rings. The molecule has 0 unspecified atom stereocenters. The number of allylic oxidation sites excluding steroid dienone is 6. The number of fused-ring (bicyclic) bond motifs is 2. The van der Waals surface area contributed by atoms with E-state index in [-0.39, 0.29) is 45.4 Å². The van der Waals surface area contributed by atoms with Crippen molar-refractivity contribution in [1.82, 2.24) is 0 Å². The van der Waals surface area contributed by atoms with Crippen molar-refractivity contribution in [1.29, 1.82) is 0 Å². The van der Waals surface area contributed by atoms with E-state index in [0.717, 1.165) is 36.1 Å². The predicted molar refractivity (Wildman–Crippen MR) is 136 cm³/mol. The van der Waals surface area contributed by atoms with Crippen molar-refractivity contribution < 1.29 is 24.8 Å². The van der Waals surface area contributed by atoms with Gasteiger partial charge < -0.3 is 24.8 Å². The van der Waals surface area contributed by atoms with Crippen molar-refractivity contribution in [2.45, 2.75) is 60.3 Å². The molecule has 0 radical (unpaired) electrons. The lowest BCUT2D eigenvalue weighted by atomic mass is 9.95. The van der Waals surface area contributed by atoms with Gasteiger partial charge in [-0.2, -0.15) is 0 Å². The van der Waals surface area contributed by atoms with Gasteiger partial charge in [-0.3, -0.25) is 4.79 Å². The third-order valence-corrected chi connectivity index (χ3v) is 5.82. The highest BCUT2D eigenvalue weighted by molar-refractivity contribution is 5.97. The van der Waals surface area contributed by atoms with Crippen LogP contribution in [0.25, 0.3) is 21.9 Å². The maximum Gasteiger partial charge on any atom is 0.204 e. The quantitative estimate of drug-likeness (QED) is 0.180. The Kier molecular flexibility index (Phi) is 7.40. The molecule has 6 nitrogen and oxygen atoms in total. The molecule has 0 atom stereocenters. The van der Waals surface area contributed by atoms with Crippen molar-refractivity contribution in [3.63, 3.8) is 0 Å². The number of benzene rings is 2. The smallest absolute Gasteiger partial charge is 0.204 e. The first-order valence-electron chi connectivity index (χ1n) is 11.3. The molecule has 3 rings (SSSR count). The zero-order valence-corrected chi connectivity index (χ0v) is 20.3. The minimum atomic E-state index is -0.548. The molecule has 0 aliphatic carbocycles. The van der Waals surface area contributed by atoms with Gasteiger partial charge in [0.05, 0.1) is 5.39 Å². The number of hydrogen-bond donors (Lipinski definition) is 4. The van der Waals surface area contributed by atoms with Crippen molar-refractivity contribution in [2.75, 3.05) is 0 Å². The molecule has 0 spiro atoms. The Morgan fingerprint density at radius 3 is 2.09 bits per heavy atom. The zero-order valence-electron chi connectivity index (χ0n) is 20.3. The molecule has 1 aromatic heterocycles. The summed E-state index contributed by atoms with van der Waals surface area (Å²) in [6, 6.07) is 2.27. The van der Waals surface area contributed by atoms with Crippen LogP contribution in [0.15, 0.2) is 56.3 Å². The summed E-state index contributed by atoms with van der Waals surface area (Å²) in [6.07, 6.45) is 8.29. The van der Waals surface area contributed by atoms with E-state index in [9.17, 15) is 25.2 Å². The first-order valence-corrected chi connectivity index (χ1v) is 11.3. The Hall–Kier alpha value is -3.67. The second-order valence-electron chi connectivity index (χ2n) is 9.19. The molecule has 4 N–H and O–H groups in total. The van der Waals surface area contributed by atoms with Gasteiger partial charge in [-0.05, 0) is 66.4 Å². The summed E-state index contributed by atoms with van der Waals surface area (Å²) in [5, 5.41) is 41.9. The maximum absolute atomic E-state index is 13.3. The minimum Gasteiger partial charge on any atom is -0.507 e. The second-order valence-corrected chi connectivity index (χ2v) is 9.19. The highest BCUT2D eigenvalue weighted by Gasteiger charge is 2.24. The summed E-state index contributed by atoms with van der Waals surface area (Å²) in [6.45, 7) is 9.93. The molecule has 0 saturated heterocycles. The van der Waals surface area contributed by atoms with Crippen LogP contribution in [0, 0.1) is 0 Å². The topological polar surface area (TPSA) is 111 Å². The lowest BCUT2D eigenvalue weighted by molar-refractivity contribution is 0.404. The Balaban J connectivity index is 2.27. The van der Waals surface area contributed by atoms with Gasteiger partial charge in [0.15, 0.2) is 11.5 Å². The monoisotopic (exact) mass is 464 g/mol. The summed E-state index contributed by atoms with van der Waals surface area (Å²) in [5.74, 6) is -1.36. The Bertz CT molecular complexity index is 1390. The molecule has 0 aliphatic heterocycles. The van der Waals surface area contributed by atoms with Crippen LogP contribution in [0.4, 0.5) is 0 Å². The molecule has 6 heteroatoms. The van der Waals surface area contributed by atoms with Gasteiger partial charge in [0.25, 0.3) is 0 Å². The lowest BCUT2D eigenvalue weighted by Gasteiger charge is -2.15. The summed E-state index contributed by atoms with van der Waals surface area (Å²) in [5.41, 5.74) is 3.57. The van der Waals surface area contributed by atoms with E-state index in [0.29, 0.717) is 12.0 Å². The maximum atomic E-state index is 13.3. The average molecular weight is 465 g/mol. The standard InChI is InChI=1S/C28H32O6/c1-15(2)7-6-8-17(5)10-12-19-25(31)18(11-9-16(3)4)26(32)24-27(33)20-13-21(29)22(30)14-23(20)34-28(19)24/h7,9-10,13-14,29-32H,6,8,11-12H2,1-5H3/b17-10+. The molecular weight excluding hydrogens is 432 g/mol. The summed E-state index contributed by atoms with van der Waals surface area (Å²) in [4.78, 5) is 13.3. The highest BCUT2D eigenvalue weighted by Crippen LogP contribution is 2.41. The van der Waals surface area contributed by atoms with Crippen LogP contribution < -0.4 is 5.43 Å². The fourth-order valence-corrected chi connectivity index (χ4v) is 3.85. The van der Waals surface area contributed by atoms with Crippen LogP contribution in [-0.2, 0) is 12.8 Å². The molecular formula is C28H32O6. The van der Waals surface area contributed by atoms with E-state index in [1.165, 1.54) is 5.57 Å². The van der Waals surface area contributed by atoms with Crippen LogP contribution in [0.5, 0.6) is 23.0 Å². The number of phenols is 4. The van der Waals surface area contributed by atoms with E-state index >= 15 is 0 Å². The summed E-state index contributed by atoms with van der Waals surface area (Å²) in [7, 11) is 0. The van der Waals surface area contributed by atoms with Gasteiger partial charge >= 0.3 is 0 Å². The lowest BCUT2D eigenvalue weighted by Crippen LogP contribution is -2.06. The largest absolute Gasteiger partial charge is 0.507 e. The molecule has 0 bridgehead atoms. The van der Waals surface area contributed by atoms with E-state index in [1.54, 1.807) is 0 Å². The van der Waals surface area contributed by atoms with Crippen LogP contribution in [0.2, 0.25) is 0 Å². The Morgan fingerprint density at radius 2 is 1.44 bits per heavy atom. The van der Waals surface area contributed by atoms with Crippen molar-refractivity contribution in [3.8, 4) is 23.0 Å². The van der Waals surface area contributed by atoms with Gasteiger partial charge in [-0.15, -0.1) is 0 Å². The van der Waals surface area contributed by atoms with Crippen molar-refractivity contribution >= 4 is 21.9 Å². The Morgan fingerprint density at radius 1 is 0.824 bits per heavy atom. The van der Waals surface area contributed by atoms with E-state index < -0.39 is 16.9 Å². The molecule has 1 heterocycles. The first-order chi connectivity index (χ1) is 16.0.